The molecule has 0 saturated carbocycles. The normalized spacial score (nSPS) is 13.9. The van der Waals surface area contributed by atoms with Gasteiger partial charge in [-0.3, -0.25) is 28.8 Å². The third kappa shape index (κ3) is 13.8. The van der Waals surface area contributed by atoms with E-state index in [0.717, 1.165) is 0 Å². The van der Waals surface area contributed by atoms with Crippen molar-refractivity contribution in [3.8, 4) is 0 Å². The second-order valence-corrected chi connectivity index (χ2v) is 7.95. The lowest BCUT2D eigenvalue weighted by Crippen LogP contribution is -2.57. The fourth-order valence-corrected chi connectivity index (χ4v) is 2.95. The number of carboxylic acids is 3. The molecule has 4 amide bonds. The highest BCUT2D eigenvalue weighted by Gasteiger charge is 2.30. The number of nitrogens with one attached hydrogen (secondary N) is 3. The van der Waals surface area contributed by atoms with Gasteiger partial charge in [-0.15, -0.1) is 0 Å². The Balaban J connectivity index is 5.60. The quantitative estimate of drug-likeness (QED) is 0.0755. The molecule has 4 unspecified atom stereocenters. The van der Waals surface area contributed by atoms with Gasteiger partial charge >= 0.3 is 17.9 Å². The van der Waals surface area contributed by atoms with Crippen molar-refractivity contribution >= 4 is 41.5 Å². The summed E-state index contributed by atoms with van der Waals surface area (Å²) in [4.78, 5) is 82.0. The minimum absolute atomic E-state index is 0.0229. The van der Waals surface area contributed by atoms with Gasteiger partial charge in [-0.1, -0.05) is 0 Å². The molecule has 0 rings (SSSR count). The van der Waals surface area contributed by atoms with Gasteiger partial charge in [-0.25, -0.2) is 4.79 Å². The Bertz CT molecular complexity index is 821. The first-order chi connectivity index (χ1) is 16.8. The van der Waals surface area contributed by atoms with Crippen LogP contribution in [0.3, 0.4) is 0 Å². The third-order valence-corrected chi connectivity index (χ3v) is 4.89. The van der Waals surface area contributed by atoms with Crippen LogP contribution in [0.1, 0.15) is 51.4 Å². The summed E-state index contributed by atoms with van der Waals surface area (Å²) in [5, 5.41) is 33.8. The van der Waals surface area contributed by atoms with Crippen molar-refractivity contribution in [3.05, 3.63) is 0 Å². The van der Waals surface area contributed by atoms with Gasteiger partial charge in [-0.05, 0) is 38.6 Å². The monoisotopic (exact) mass is 518 g/mol. The number of primary amides is 1. The molecule has 204 valence electrons. The van der Waals surface area contributed by atoms with E-state index in [1.54, 1.807) is 0 Å². The van der Waals surface area contributed by atoms with Crippen LogP contribution >= 0.6 is 0 Å². The lowest BCUT2D eigenvalue weighted by atomic mass is 10.0. The Kier molecular flexibility index (Phi) is 15.0. The van der Waals surface area contributed by atoms with Crippen LogP contribution in [0, 0.1) is 0 Å². The Hall–Kier alpha value is -3.79. The molecule has 0 aromatic rings. The first-order valence-electron chi connectivity index (χ1n) is 11.1. The topological polar surface area (TPSA) is 294 Å². The molecule has 0 aromatic heterocycles. The molecule has 16 heteroatoms. The molecule has 0 fully saturated rings. The Morgan fingerprint density at radius 3 is 1.64 bits per heavy atom. The van der Waals surface area contributed by atoms with Crippen LogP contribution < -0.4 is 33.2 Å². The van der Waals surface area contributed by atoms with Crippen LogP contribution in [0.15, 0.2) is 0 Å². The van der Waals surface area contributed by atoms with Gasteiger partial charge in [0.05, 0.1) is 12.5 Å². The summed E-state index contributed by atoms with van der Waals surface area (Å²) in [5.74, 6) is -7.76. The number of carbonyl (C=O) groups is 7. The van der Waals surface area contributed by atoms with Gasteiger partial charge in [0.25, 0.3) is 0 Å². The third-order valence-electron chi connectivity index (χ3n) is 4.89. The molecule has 0 radical (unpaired) electrons. The molecule has 0 aliphatic rings. The zero-order chi connectivity index (χ0) is 27.8. The summed E-state index contributed by atoms with van der Waals surface area (Å²) in [6, 6.07) is -5.77. The molecule has 16 nitrogen and oxygen atoms in total. The molecule has 12 N–H and O–H groups in total. The molecule has 4 atom stereocenters. The molecule has 0 heterocycles. The Labute approximate surface area is 206 Å². The average Bonchev–Trinajstić information content (AvgIpc) is 2.77. The first kappa shape index (κ1) is 32.2. The second kappa shape index (κ2) is 16.8. The summed E-state index contributed by atoms with van der Waals surface area (Å²) in [7, 11) is 0. The van der Waals surface area contributed by atoms with Crippen molar-refractivity contribution in [1.29, 1.82) is 0 Å². The predicted octanol–water partition coefficient (Wildman–Crippen LogP) is -3.41. The number of amides is 4. The number of aliphatic carboxylic acids is 3. The lowest BCUT2D eigenvalue weighted by molar-refractivity contribution is -0.142. The summed E-state index contributed by atoms with van der Waals surface area (Å²) in [5.41, 5.74) is 15.9. The van der Waals surface area contributed by atoms with Crippen molar-refractivity contribution in [2.75, 3.05) is 6.54 Å². The van der Waals surface area contributed by atoms with Crippen LogP contribution in [0.4, 0.5) is 0 Å². The van der Waals surface area contributed by atoms with E-state index in [1.807, 2.05) is 0 Å². The maximum Gasteiger partial charge on any atom is 0.326 e. The fraction of sp³-hybridized carbons (Fsp3) is 0.650. The van der Waals surface area contributed by atoms with Crippen LogP contribution in [-0.4, -0.2) is 87.6 Å². The predicted molar refractivity (Wildman–Crippen MR) is 122 cm³/mol. The molecule has 0 saturated heterocycles. The number of hydrogen-bond acceptors (Lipinski definition) is 9. The number of rotatable bonds is 19. The van der Waals surface area contributed by atoms with E-state index in [9.17, 15) is 38.7 Å². The van der Waals surface area contributed by atoms with Crippen LogP contribution in [0.25, 0.3) is 0 Å². The van der Waals surface area contributed by atoms with Crippen LogP contribution in [0.2, 0.25) is 0 Å². The van der Waals surface area contributed by atoms with E-state index < -0.39 is 85.0 Å². The number of nitrogens with two attached hydrogens (primary N) is 3. The number of carboxylic acid groups (broad SMARTS) is 3. The lowest BCUT2D eigenvalue weighted by Gasteiger charge is -2.25. The van der Waals surface area contributed by atoms with E-state index in [1.165, 1.54) is 0 Å². The highest BCUT2D eigenvalue weighted by molar-refractivity contribution is 5.95. The Morgan fingerprint density at radius 1 is 0.667 bits per heavy atom. The van der Waals surface area contributed by atoms with Crippen molar-refractivity contribution in [1.82, 2.24) is 16.0 Å². The molecular formula is C20H34N6O10. The van der Waals surface area contributed by atoms with Gasteiger partial charge in [0.1, 0.15) is 18.1 Å². The second-order valence-electron chi connectivity index (χ2n) is 7.95. The molecule has 0 aliphatic carbocycles. The van der Waals surface area contributed by atoms with Crippen molar-refractivity contribution < 1.29 is 48.9 Å². The number of hydrogen-bond donors (Lipinski definition) is 9. The molecule has 0 spiro atoms. The largest absolute Gasteiger partial charge is 0.481 e. The summed E-state index contributed by atoms with van der Waals surface area (Å²) in [6.45, 7) is 0.275. The molecule has 0 aromatic carbocycles. The van der Waals surface area contributed by atoms with E-state index in [0.29, 0.717) is 12.8 Å². The van der Waals surface area contributed by atoms with Crippen LogP contribution in [-0.2, 0) is 33.6 Å². The highest BCUT2D eigenvalue weighted by atomic mass is 16.4. The van der Waals surface area contributed by atoms with Gasteiger partial charge < -0.3 is 48.5 Å². The Morgan fingerprint density at radius 2 is 1.17 bits per heavy atom. The molecule has 0 aliphatic heterocycles. The van der Waals surface area contributed by atoms with Gasteiger partial charge in [0.15, 0.2) is 0 Å². The summed E-state index contributed by atoms with van der Waals surface area (Å²) >= 11 is 0. The minimum Gasteiger partial charge on any atom is -0.481 e. The summed E-state index contributed by atoms with van der Waals surface area (Å²) < 4.78 is 0. The number of unbranched alkanes of at least 4 members (excludes halogenated alkanes) is 1. The molecular weight excluding hydrogens is 484 g/mol. The average molecular weight is 519 g/mol. The fourth-order valence-electron chi connectivity index (χ4n) is 2.95. The molecule has 0 bridgehead atoms. The van der Waals surface area contributed by atoms with Gasteiger partial charge in [-0.2, -0.15) is 0 Å². The van der Waals surface area contributed by atoms with E-state index in [4.69, 9.17) is 27.4 Å². The summed E-state index contributed by atoms with van der Waals surface area (Å²) in [6.07, 6.45) is -1.47. The smallest absolute Gasteiger partial charge is 0.326 e. The maximum absolute atomic E-state index is 12.9. The number of carbonyl (C=O) groups excluding carboxylic acids is 4. The molecule has 36 heavy (non-hydrogen) atoms. The SMILES string of the molecule is NCCCCC(NC(=O)C(CCC(=O)O)NC(=O)C(N)CC(=O)O)C(=O)NC(CCC(N)=O)C(=O)O. The standard InChI is InChI=1S/C20H34N6O10/c21-8-2-1-3-11(18(33)26-13(20(35)36)4-6-14(23)27)25-19(34)12(5-7-15(28)29)24-17(32)10(22)9-16(30)31/h10-13H,1-9,21-22H2,(H2,23,27)(H,24,32)(H,25,34)(H,26,33)(H,28,29)(H,30,31)(H,35,36). The maximum atomic E-state index is 12.9. The van der Waals surface area contributed by atoms with E-state index >= 15 is 0 Å². The first-order valence-corrected chi connectivity index (χ1v) is 11.1. The van der Waals surface area contributed by atoms with E-state index in [-0.39, 0.29) is 25.8 Å². The zero-order valence-corrected chi connectivity index (χ0v) is 19.6. The van der Waals surface area contributed by atoms with Crippen molar-refractivity contribution in [3.63, 3.8) is 0 Å². The van der Waals surface area contributed by atoms with Gasteiger partial charge in [0, 0.05) is 12.8 Å². The van der Waals surface area contributed by atoms with Crippen molar-refractivity contribution in [2.45, 2.75) is 75.5 Å². The highest BCUT2D eigenvalue weighted by Crippen LogP contribution is 2.07. The van der Waals surface area contributed by atoms with Crippen LogP contribution in [0.5, 0.6) is 0 Å². The minimum atomic E-state index is -1.52. The van der Waals surface area contributed by atoms with E-state index in [2.05, 4.69) is 16.0 Å². The van der Waals surface area contributed by atoms with Gasteiger partial charge in [0.2, 0.25) is 23.6 Å². The van der Waals surface area contributed by atoms with Crippen molar-refractivity contribution in [2.24, 2.45) is 17.2 Å². The zero-order valence-electron chi connectivity index (χ0n) is 19.6.